The van der Waals surface area contributed by atoms with E-state index in [9.17, 15) is 0 Å². The van der Waals surface area contributed by atoms with Crippen LogP contribution in [0.15, 0.2) is 52.3 Å². The molecule has 0 amide bonds. The van der Waals surface area contributed by atoms with Crippen LogP contribution in [0.2, 0.25) is 5.02 Å². The lowest BCUT2D eigenvalue weighted by molar-refractivity contribution is 0.590. The number of hydrogen-bond donors (Lipinski definition) is 1. The predicted molar refractivity (Wildman–Crippen MR) is 93.3 cm³/mol. The van der Waals surface area contributed by atoms with Gasteiger partial charge in [-0.15, -0.1) is 0 Å². The zero-order chi connectivity index (χ0) is 15.6. The number of halogens is 1. The van der Waals surface area contributed by atoms with E-state index in [2.05, 4.69) is 45.0 Å². The molecular formula is C18H22ClNS. The molecule has 0 spiro atoms. The molecule has 0 fully saturated rings. The maximum Gasteiger partial charge on any atom is 0.0548 e. The molecule has 3 heteroatoms. The van der Waals surface area contributed by atoms with E-state index >= 15 is 0 Å². The van der Waals surface area contributed by atoms with Gasteiger partial charge in [-0.3, -0.25) is 0 Å². The van der Waals surface area contributed by atoms with E-state index in [0.29, 0.717) is 0 Å². The number of benzene rings is 2. The van der Waals surface area contributed by atoms with Crippen molar-refractivity contribution in [2.24, 2.45) is 5.73 Å². The smallest absolute Gasteiger partial charge is 0.0548 e. The highest BCUT2D eigenvalue weighted by Gasteiger charge is 2.13. The van der Waals surface area contributed by atoms with Gasteiger partial charge in [-0.1, -0.05) is 62.3 Å². The quantitative estimate of drug-likeness (QED) is 0.772. The minimum Gasteiger partial charge on any atom is -0.324 e. The molecule has 0 saturated heterocycles. The van der Waals surface area contributed by atoms with Crippen molar-refractivity contribution < 1.29 is 0 Å². The molecule has 21 heavy (non-hydrogen) atoms. The second-order valence-electron chi connectivity index (χ2n) is 6.35. The van der Waals surface area contributed by atoms with E-state index in [1.165, 1.54) is 10.5 Å². The van der Waals surface area contributed by atoms with Gasteiger partial charge in [-0.05, 0) is 47.7 Å². The summed E-state index contributed by atoms with van der Waals surface area (Å²) in [4.78, 5) is 2.25. The second kappa shape index (κ2) is 6.43. The minimum absolute atomic E-state index is 0.00705. The van der Waals surface area contributed by atoms with Crippen LogP contribution >= 0.6 is 23.4 Å². The summed E-state index contributed by atoms with van der Waals surface area (Å²) in [5.74, 6) is 0. The Morgan fingerprint density at radius 2 is 1.67 bits per heavy atom. The van der Waals surface area contributed by atoms with E-state index < -0.39 is 0 Å². The lowest BCUT2D eigenvalue weighted by Crippen LogP contribution is -2.10. The van der Waals surface area contributed by atoms with Crippen LogP contribution in [0, 0.1) is 0 Å². The molecule has 0 aromatic heterocycles. The summed E-state index contributed by atoms with van der Waals surface area (Å²) in [6, 6.07) is 14.7. The molecule has 0 radical (unpaired) electrons. The van der Waals surface area contributed by atoms with Gasteiger partial charge in [0.25, 0.3) is 0 Å². The molecule has 1 nitrogen and oxygen atoms in total. The van der Waals surface area contributed by atoms with Crippen LogP contribution in [0.25, 0.3) is 0 Å². The van der Waals surface area contributed by atoms with Gasteiger partial charge >= 0.3 is 0 Å². The van der Waals surface area contributed by atoms with Gasteiger partial charge in [-0.25, -0.2) is 0 Å². The van der Waals surface area contributed by atoms with E-state index in [-0.39, 0.29) is 11.5 Å². The van der Waals surface area contributed by atoms with Crippen LogP contribution in [0.1, 0.15) is 44.9 Å². The predicted octanol–water partition coefficient (Wildman–Crippen LogP) is 5.81. The molecule has 0 aliphatic heterocycles. The summed E-state index contributed by atoms with van der Waals surface area (Å²) in [7, 11) is 0. The van der Waals surface area contributed by atoms with E-state index in [1.54, 1.807) is 11.8 Å². The Kier molecular flexibility index (Phi) is 5.03. The number of rotatable bonds is 3. The molecule has 1 atom stereocenters. The lowest BCUT2D eigenvalue weighted by Gasteiger charge is -2.19. The Hall–Kier alpha value is -0.960. The summed E-state index contributed by atoms with van der Waals surface area (Å²) in [5.41, 5.74) is 8.46. The van der Waals surface area contributed by atoms with Gasteiger partial charge in [0.15, 0.2) is 0 Å². The molecule has 0 bridgehead atoms. The first-order chi connectivity index (χ1) is 9.77. The van der Waals surface area contributed by atoms with Crippen molar-refractivity contribution in [3.05, 3.63) is 58.6 Å². The van der Waals surface area contributed by atoms with Crippen molar-refractivity contribution >= 4 is 23.4 Å². The normalized spacial score (nSPS) is 13.2. The van der Waals surface area contributed by atoms with Gasteiger partial charge in [-0.2, -0.15) is 0 Å². The van der Waals surface area contributed by atoms with Gasteiger partial charge in [0.1, 0.15) is 0 Å². The first-order valence-corrected chi connectivity index (χ1v) is 8.30. The lowest BCUT2D eigenvalue weighted by atomic mass is 9.87. The fraction of sp³-hybridized carbons (Fsp3) is 0.333. The fourth-order valence-corrected chi connectivity index (χ4v) is 3.16. The van der Waals surface area contributed by atoms with Crippen LogP contribution in [-0.2, 0) is 5.41 Å². The van der Waals surface area contributed by atoms with Crippen LogP contribution in [-0.4, -0.2) is 0 Å². The molecular weight excluding hydrogens is 298 g/mol. The van der Waals surface area contributed by atoms with Crippen molar-refractivity contribution in [3.63, 3.8) is 0 Å². The summed E-state index contributed by atoms with van der Waals surface area (Å²) in [6.07, 6.45) is 0. The number of nitrogens with two attached hydrogens (primary N) is 1. The van der Waals surface area contributed by atoms with Crippen molar-refractivity contribution in [2.45, 2.75) is 48.9 Å². The Morgan fingerprint density at radius 1 is 1.05 bits per heavy atom. The summed E-state index contributed by atoms with van der Waals surface area (Å²) < 4.78 is 0. The van der Waals surface area contributed by atoms with Crippen molar-refractivity contribution in [2.75, 3.05) is 0 Å². The Balaban J connectivity index is 2.19. The van der Waals surface area contributed by atoms with Gasteiger partial charge < -0.3 is 5.73 Å². The molecule has 2 aromatic carbocycles. The molecule has 112 valence electrons. The molecule has 2 rings (SSSR count). The summed E-state index contributed by atoms with van der Waals surface area (Å²) >= 11 is 8.03. The molecule has 0 aliphatic carbocycles. The summed E-state index contributed by atoms with van der Waals surface area (Å²) in [5, 5.41) is 0.759. The Labute approximate surface area is 136 Å². The molecule has 0 unspecified atom stereocenters. The zero-order valence-electron chi connectivity index (χ0n) is 13.0. The third-order valence-electron chi connectivity index (χ3n) is 3.43. The fourth-order valence-electron chi connectivity index (χ4n) is 2.03. The van der Waals surface area contributed by atoms with Gasteiger partial charge in [0, 0.05) is 15.8 Å². The number of hydrogen-bond acceptors (Lipinski definition) is 2. The van der Waals surface area contributed by atoms with Crippen LogP contribution in [0.5, 0.6) is 0 Å². The van der Waals surface area contributed by atoms with Gasteiger partial charge in [0.05, 0.1) is 5.02 Å². The second-order valence-corrected chi connectivity index (χ2v) is 7.88. The summed E-state index contributed by atoms with van der Waals surface area (Å²) in [6.45, 7) is 8.62. The average molecular weight is 320 g/mol. The average Bonchev–Trinajstić information content (AvgIpc) is 2.40. The van der Waals surface area contributed by atoms with E-state index in [1.807, 2.05) is 25.1 Å². The molecule has 0 aliphatic rings. The topological polar surface area (TPSA) is 26.0 Å². The maximum absolute atomic E-state index is 6.35. The molecule has 2 aromatic rings. The van der Waals surface area contributed by atoms with Gasteiger partial charge in [0.2, 0.25) is 0 Å². The van der Waals surface area contributed by atoms with Crippen molar-refractivity contribution in [1.29, 1.82) is 0 Å². The van der Waals surface area contributed by atoms with Crippen LogP contribution < -0.4 is 5.73 Å². The zero-order valence-corrected chi connectivity index (χ0v) is 14.6. The standard InChI is InChI=1S/C18H22ClNS/c1-12(20)13-5-10-17(16(19)11-13)21-15-8-6-14(7-9-15)18(2,3)4/h5-12H,20H2,1-4H3/t12-/m1/s1. The van der Waals surface area contributed by atoms with Crippen LogP contribution in [0.4, 0.5) is 0 Å². The Bertz CT molecular complexity index is 612. The third kappa shape index (κ3) is 4.26. The Morgan fingerprint density at radius 3 is 2.14 bits per heavy atom. The SMILES string of the molecule is C[C@@H](N)c1ccc(Sc2ccc(C(C)(C)C)cc2)c(Cl)c1. The van der Waals surface area contributed by atoms with Crippen molar-refractivity contribution in [1.82, 2.24) is 0 Å². The molecule has 2 N–H and O–H groups in total. The third-order valence-corrected chi connectivity index (χ3v) is 4.94. The minimum atomic E-state index is 0.00705. The monoisotopic (exact) mass is 319 g/mol. The van der Waals surface area contributed by atoms with Crippen LogP contribution in [0.3, 0.4) is 0 Å². The first kappa shape index (κ1) is 16.4. The highest BCUT2D eigenvalue weighted by atomic mass is 35.5. The molecule has 0 heterocycles. The first-order valence-electron chi connectivity index (χ1n) is 7.11. The largest absolute Gasteiger partial charge is 0.324 e. The van der Waals surface area contributed by atoms with E-state index in [0.717, 1.165) is 15.5 Å². The highest BCUT2D eigenvalue weighted by Crippen LogP contribution is 2.35. The van der Waals surface area contributed by atoms with Crippen molar-refractivity contribution in [3.8, 4) is 0 Å². The van der Waals surface area contributed by atoms with E-state index in [4.69, 9.17) is 17.3 Å². The molecule has 0 saturated carbocycles. The highest BCUT2D eigenvalue weighted by molar-refractivity contribution is 7.99. The maximum atomic E-state index is 6.35.